The van der Waals surface area contributed by atoms with Gasteiger partial charge in [0.05, 0.1) is 20.8 Å². The summed E-state index contributed by atoms with van der Waals surface area (Å²) in [7, 11) is 2.56. The fourth-order valence-corrected chi connectivity index (χ4v) is 1.92. The van der Waals surface area contributed by atoms with Crippen LogP contribution in [-0.2, 0) is 20.8 Å². The lowest BCUT2D eigenvalue weighted by atomic mass is 10.2. The van der Waals surface area contributed by atoms with E-state index < -0.39 is 12.1 Å². The fourth-order valence-electron chi connectivity index (χ4n) is 1.37. The Morgan fingerprint density at radius 2 is 1.89 bits per heavy atom. The van der Waals surface area contributed by atoms with Gasteiger partial charge in [0, 0.05) is 3.57 Å². The number of esters is 1. The molecule has 0 spiro atoms. The molecule has 1 aromatic rings. The Morgan fingerprint density at radius 3 is 2.44 bits per heavy atom. The molecule has 0 heterocycles. The van der Waals surface area contributed by atoms with Gasteiger partial charge in [-0.25, -0.2) is 4.79 Å². The van der Waals surface area contributed by atoms with Crippen LogP contribution in [-0.4, -0.2) is 37.7 Å². The van der Waals surface area contributed by atoms with Crippen molar-refractivity contribution in [2.45, 2.75) is 6.54 Å². The van der Waals surface area contributed by atoms with Gasteiger partial charge >= 0.3 is 12.1 Å². The molecule has 0 atom stereocenters. The van der Waals surface area contributed by atoms with E-state index in [0.29, 0.717) is 6.54 Å². The molecule has 18 heavy (non-hydrogen) atoms. The summed E-state index contributed by atoms with van der Waals surface area (Å²) in [6.45, 7) is 0.176. The number of ether oxygens (including phenoxy) is 2. The molecule has 1 aromatic carbocycles. The zero-order valence-corrected chi connectivity index (χ0v) is 12.3. The van der Waals surface area contributed by atoms with Crippen LogP contribution in [0.25, 0.3) is 0 Å². The lowest BCUT2D eigenvalue weighted by Gasteiger charge is -2.20. The predicted molar refractivity (Wildman–Crippen MR) is 74.0 cm³/mol. The van der Waals surface area contributed by atoms with E-state index in [1.54, 1.807) is 0 Å². The van der Waals surface area contributed by atoms with Crippen molar-refractivity contribution >= 4 is 34.7 Å². The summed E-state index contributed by atoms with van der Waals surface area (Å²) in [5.41, 5.74) is 0.951. The van der Waals surface area contributed by atoms with Crippen molar-refractivity contribution in [2.24, 2.45) is 0 Å². The first-order chi connectivity index (χ1) is 8.58. The van der Waals surface area contributed by atoms with Crippen molar-refractivity contribution < 1.29 is 19.1 Å². The molecule has 0 fully saturated rings. The molecule has 1 amide bonds. The van der Waals surface area contributed by atoms with Crippen LogP contribution in [0.1, 0.15) is 5.56 Å². The number of nitrogens with zero attached hydrogens (tertiary/aromatic N) is 1. The topological polar surface area (TPSA) is 55.8 Å². The molecule has 98 valence electrons. The van der Waals surface area contributed by atoms with Crippen molar-refractivity contribution in [3.05, 3.63) is 33.4 Å². The van der Waals surface area contributed by atoms with Crippen molar-refractivity contribution in [1.29, 1.82) is 0 Å². The maximum Gasteiger partial charge on any atom is 0.410 e. The predicted octanol–water partition coefficient (Wildman–Crippen LogP) is 2.03. The average molecular weight is 363 g/mol. The van der Waals surface area contributed by atoms with Crippen molar-refractivity contribution in [3.63, 3.8) is 0 Å². The second kappa shape index (κ2) is 7.20. The first kappa shape index (κ1) is 14.7. The molecule has 0 bridgehead atoms. The molecule has 6 heteroatoms. The number of hydrogen-bond acceptors (Lipinski definition) is 4. The largest absolute Gasteiger partial charge is 0.468 e. The van der Waals surface area contributed by atoms with E-state index in [4.69, 9.17) is 0 Å². The maximum atomic E-state index is 11.6. The number of halogens is 1. The third-order valence-corrected chi connectivity index (χ3v) is 3.35. The standard InChI is InChI=1S/C12H14INO4/c1-17-11(15)8-14(12(16)18-2)7-9-5-3-4-6-10(9)13/h3-6H,7-8H2,1-2H3. The van der Waals surface area contributed by atoms with E-state index >= 15 is 0 Å². The number of benzene rings is 1. The zero-order chi connectivity index (χ0) is 13.5. The monoisotopic (exact) mass is 363 g/mol. The fraction of sp³-hybridized carbons (Fsp3) is 0.333. The Balaban J connectivity index is 2.82. The van der Waals surface area contributed by atoms with Crippen LogP contribution in [0, 0.1) is 3.57 Å². The molecule has 0 aliphatic heterocycles. The SMILES string of the molecule is COC(=O)CN(Cc1ccccc1I)C(=O)OC. The number of amides is 1. The first-order valence-corrected chi connectivity index (χ1v) is 6.29. The number of carbonyl (C=O) groups is 2. The van der Waals surface area contributed by atoms with Crippen LogP contribution in [0.3, 0.4) is 0 Å². The summed E-state index contributed by atoms with van der Waals surface area (Å²) in [5.74, 6) is -0.480. The summed E-state index contributed by atoms with van der Waals surface area (Å²) in [5, 5.41) is 0. The maximum absolute atomic E-state index is 11.6. The van der Waals surface area contributed by atoms with Crippen LogP contribution >= 0.6 is 22.6 Å². The molecule has 0 aliphatic carbocycles. The van der Waals surface area contributed by atoms with E-state index in [2.05, 4.69) is 32.1 Å². The van der Waals surface area contributed by atoms with E-state index in [-0.39, 0.29) is 6.54 Å². The van der Waals surface area contributed by atoms with Gasteiger partial charge in [0.15, 0.2) is 0 Å². The number of methoxy groups -OCH3 is 2. The van der Waals surface area contributed by atoms with Gasteiger partial charge in [0.1, 0.15) is 6.54 Å². The smallest absolute Gasteiger partial charge is 0.410 e. The minimum absolute atomic E-state index is 0.131. The van der Waals surface area contributed by atoms with Gasteiger partial charge in [-0.3, -0.25) is 9.69 Å². The third-order valence-electron chi connectivity index (χ3n) is 2.30. The molecular weight excluding hydrogens is 349 g/mol. The molecule has 0 unspecified atom stereocenters. The normalized spacial score (nSPS) is 9.72. The quantitative estimate of drug-likeness (QED) is 0.607. The molecule has 5 nitrogen and oxygen atoms in total. The Labute approximate surface area is 119 Å². The van der Waals surface area contributed by atoms with Crippen LogP contribution in [0.4, 0.5) is 4.79 Å². The number of rotatable bonds is 4. The minimum Gasteiger partial charge on any atom is -0.468 e. The van der Waals surface area contributed by atoms with Crippen LogP contribution in [0.5, 0.6) is 0 Å². The summed E-state index contributed by atoms with van der Waals surface area (Å²) in [6, 6.07) is 7.62. The van der Waals surface area contributed by atoms with Gasteiger partial charge in [-0.1, -0.05) is 18.2 Å². The highest BCUT2D eigenvalue weighted by molar-refractivity contribution is 14.1. The Hall–Kier alpha value is -1.31. The molecular formula is C12H14INO4. The number of hydrogen-bond donors (Lipinski definition) is 0. The Kier molecular flexibility index (Phi) is 5.90. The third kappa shape index (κ3) is 4.17. The summed E-state index contributed by atoms with van der Waals surface area (Å²) >= 11 is 2.18. The van der Waals surface area contributed by atoms with Gasteiger partial charge in [-0.15, -0.1) is 0 Å². The minimum atomic E-state index is -0.556. The molecule has 0 saturated heterocycles. The second-order valence-corrected chi connectivity index (χ2v) is 4.66. The van der Waals surface area contributed by atoms with Crippen LogP contribution in [0.2, 0.25) is 0 Å². The van der Waals surface area contributed by atoms with Crippen molar-refractivity contribution in [2.75, 3.05) is 20.8 Å². The highest BCUT2D eigenvalue weighted by atomic mass is 127. The lowest BCUT2D eigenvalue weighted by Crippen LogP contribution is -2.35. The van der Waals surface area contributed by atoms with E-state index in [9.17, 15) is 9.59 Å². The van der Waals surface area contributed by atoms with Crippen molar-refractivity contribution in [3.8, 4) is 0 Å². The summed E-state index contributed by atoms with van der Waals surface area (Å²) < 4.78 is 10.2. The van der Waals surface area contributed by atoms with E-state index in [1.165, 1.54) is 19.1 Å². The molecule has 0 radical (unpaired) electrons. The second-order valence-electron chi connectivity index (χ2n) is 3.49. The first-order valence-electron chi connectivity index (χ1n) is 5.21. The molecule has 0 saturated carbocycles. The highest BCUT2D eigenvalue weighted by Gasteiger charge is 2.19. The summed E-state index contributed by atoms with van der Waals surface area (Å²) in [6.07, 6.45) is -0.556. The molecule has 1 rings (SSSR count). The van der Waals surface area contributed by atoms with Gasteiger partial charge < -0.3 is 9.47 Å². The molecule has 0 N–H and O–H groups in total. The van der Waals surface area contributed by atoms with Gasteiger partial charge in [-0.2, -0.15) is 0 Å². The number of carbonyl (C=O) groups excluding carboxylic acids is 2. The van der Waals surface area contributed by atoms with Gasteiger partial charge in [0.25, 0.3) is 0 Å². The average Bonchev–Trinajstić information content (AvgIpc) is 2.39. The van der Waals surface area contributed by atoms with E-state index in [1.807, 2.05) is 24.3 Å². The Morgan fingerprint density at radius 1 is 1.22 bits per heavy atom. The zero-order valence-electron chi connectivity index (χ0n) is 10.2. The van der Waals surface area contributed by atoms with Gasteiger partial charge in [-0.05, 0) is 34.2 Å². The van der Waals surface area contributed by atoms with Crippen LogP contribution < -0.4 is 0 Å². The molecule has 0 aromatic heterocycles. The lowest BCUT2D eigenvalue weighted by molar-refractivity contribution is -0.141. The van der Waals surface area contributed by atoms with Gasteiger partial charge in [0.2, 0.25) is 0 Å². The van der Waals surface area contributed by atoms with Crippen molar-refractivity contribution in [1.82, 2.24) is 4.90 Å². The highest BCUT2D eigenvalue weighted by Crippen LogP contribution is 2.14. The molecule has 0 aliphatic rings. The van der Waals surface area contributed by atoms with Crippen LogP contribution in [0.15, 0.2) is 24.3 Å². The van der Waals surface area contributed by atoms with E-state index in [0.717, 1.165) is 9.13 Å². The summed E-state index contributed by atoms with van der Waals surface area (Å²) in [4.78, 5) is 24.1. The Bertz CT molecular complexity index is 436.